The number of azo groups is 1. The zero-order chi connectivity index (χ0) is 29.5. The van der Waals surface area contributed by atoms with E-state index in [0.29, 0.717) is 27.3 Å². The first kappa shape index (κ1) is 27.1. The highest BCUT2D eigenvalue weighted by atomic mass is 32.2. The third-order valence-electron chi connectivity index (χ3n) is 6.60. The minimum absolute atomic E-state index is 0.00468. The predicted molar refractivity (Wildman–Crippen MR) is 148 cm³/mol. The predicted octanol–water partition coefficient (Wildman–Crippen LogP) is 6.64. The Balaban J connectivity index is 1.38. The van der Waals surface area contributed by atoms with E-state index in [-0.39, 0.29) is 27.6 Å². The summed E-state index contributed by atoms with van der Waals surface area (Å²) in [5, 5.41) is 7.76. The molecule has 1 N–H and O–H groups in total. The van der Waals surface area contributed by atoms with Crippen molar-refractivity contribution in [1.29, 1.82) is 0 Å². The quantitative estimate of drug-likeness (QED) is 0.259. The summed E-state index contributed by atoms with van der Waals surface area (Å²) in [6.07, 6.45) is -0.792. The fourth-order valence-corrected chi connectivity index (χ4v) is 5.97. The average molecular weight is 592 g/mol. The van der Waals surface area contributed by atoms with Crippen molar-refractivity contribution in [2.24, 2.45) is 10.2 Å². The molecule has 4 aromatic rings. The van der Waals surface area contributed by atoms with Crippen LogP contribution in [0.15, 0.2) is 118 Å². The molecule has 2 aliphatic rings. The third kappa shape index (κ3) is 5.21. The second kappa shape index (κ2) is 10.4. The first-order valence-corrected chi connectivity index (χ1v) is 14.0. The highest BCUT2D eigenvalue weighted by molar-refractivity contribution is 7.92. The van der Waals surface area contributed by atoms with Gasteiger partial charge in [-0.2, -0.15) is 23.4 Å². The SMILES string of the molecule is O=C1C2=CN=NC2c2ccc(-c3ccncc3NS(=O)(=O)c3ccccc3Oc3ccccc3)cc2N1CC(F)(F)F. The minimum Gasteiger partial charge on any atom is -0.456 e. The van der Waals surface area contributed by atoms with Gasteiger partial charge in [-0.25, -0.2) is 8.42 Å². The molecule has 0 saturated carbocycles. The highest BCUT2D eigenvalue weighted by Crippen LogP contribution is 2.45. The fourth-order valence-electron chi connectivity index (χ4n) is 4.77. The number of nitrogens with one attached hydrogen (secondary N) is 1. The van der Waals surface area contributed by atoms with Crippen LogP contribution in [0.2, 0.25) is 0 Å². The first-order chi connectivity index (χ1) is 20.1. The number of aromatic nitrogens is 1. The Bertz CT molecular complexity index is 1860. The van der Waals surface area contributed by atoms with Gasteiger partial charge in [0.25, 0.3) is 15.9 Å². The standard InChI is InChI=1S/C29H20F3N5O4S/c30-29(31,32)17-37-24-14-18(10-11-21(24)27-22(28(37)38)15-34-35-27)20-12-13-33-16-23(20)36-42(39,40)26-9-5-4-8-25(26)41-19-6-2-1-3-7-19/h1-16,27,36H,17H2. The lowest BCUT2D eigenvalue weighted by molar-refractivity contribution is -0.130. The van der Waals surface area contributed by atoms with E-state index < -0.39 is 34.7 Å². The van der Waals surface area contributed by atoms with Crippen molar-refractivity contribution >= 4 is 27.3 Å². The molecule has 0 aliphatic carbocycles. The lowest BCUT2D eigenvalue weighted by atomic mass is 9.90. The number of hydrogen-bond donors (Lipinski definition) is 1. The Kier molecular flexibility index (Phi) is 6.73. The summed E-state index contributed by atoms with van der Waals surface area (Å²) < 4.78 is 76.0. The number of ether oxygens (including phenoxy) is 1. The van der Waals surface area contributed by atoms with E-state index in [9.17, 15) is 26.4 Å². The number of hydrogen-bond acceptors (Lipinski definition) is 7. The summed E-state index contributed by atoms with van der Waals surface area (Å²) in [6, 6.07) is 20.0. The number of para-hydroxylation sites is 2. The van der Waals surface area contributed by atoms with E-state index in [0.717, 1.165) is 0 Å². The van der Waals surface area contributed by atoms with Crippen molar-refractivity contribution < 1.29 is 31.1 Å². The number of anilines is 2. The van der Waals surface area contributed by atoms with Crippen molar-refractivity contribution in [2.75, 3.05) is 16.2 Å². The Labute approximate surface area is 238 Å². The van der Waals surface area contributed by atoms with E-state index in [1.54, 1.807) is 54.6 Å². The normalized spacial score (nSPS) is 16.1. The number of nitrogens with zero attached hydrogens (tertiary/aromatic N) is 4. The second-order valence-electron chi connectivity index (χ2n) is 9.39. The van der Waals surface area contributed by atoms with Gasteiger partial charge < -0.3 is 4.74 Å². The summed E-state index contributed by atoms with van der Waals surface area (Å²) in [7, 11) is -4.23. The number of carbonyl (C=O) groups is 1. The number of pyridine rings is 1. The molecule has 3 heterocycles. The van der Waals surface area contributed by atoms with Crippen LogP contribution in [0.4, 0.5) is 24.5 Å². The number of amides is 1. The van der Waals surface area contributed by atoms with Gasteiger partial charge in [-0.15, -0.1) is 0 Å². The number of alkyl halides is 3. The molecule has 3 aromatic carbocycles. The van der Waals surface area contributed by atoms with Crippen LogP contribution in [0.25, 0.3) is 11.1 Å². The monoisotopic (exact) mass is 591 g/mol. The average Bonchev–Trinajstić information content (AvgIpc) is 3.46. The Morgan fingerprint density at radius 3 is 2.52 bits per heavy atom. The van der Waals surface area contributed by atoms with Crippen LogP contribution in [-0.2, 0) is 14.8 Å². The summed E-state index contributed by atoms with van der Waals surface area (Å²) >= 11 is 0. The highest BCUT2D eigenvalue weighted by Gasteiger charge is 2.43. The first-order valence-electron chi connectivity index (χ1n) is 12.5. The van der Waals surface area contributed by atoms with Gasteiger partial charge in [-0.3, -0.25) is 19.4 Å². The van der Waals surface area contributed by atoms with Gasteiger partial charge >= 0.3 is 6.18 Å². The molecule has 0 bridgehead atoms. The Morgan fingerprint density at radius 2 is 1.74 bits per heavy atom. The van der Waals surface area contributed by atoms with Gasteiger partial charge in [0.2, 0.25) is 0 Å². The number of sulfonamides is 1. The number of carbonyl (C=O) groups excluding carboxylic acids is 1. The van der Waals surface area contributed by atoms with Crippen LogP contribution in [0.5, 0.6) is 11.5 Å². The zero-order valence-electron chi connectivity index (χ0n) is 21.5. The molecule has 0 spiro atoms. The number of halogens is 3. The van der Waals surface area contributed by atoms with Crippen molar-refractivity contribution in [3.63, 3.8) is 0 Å². The molecule has 212 valence electrons. The van der Waals surface area contributed by atoms with Crippen LogP contribution in [-0.4, -0.2) is 32.0 Å². The Hall–Kier alpha value is -5.04. The van der Waals surface area contributed by atoms with Gasteiger partial charge in [0.05, 0.1) is 29.3 Å². The second-order valence-corrected chi connectivity index (χ2v) is 11.0. The molecule has 1 aromatic heterocycles. The molecular weight excluding hydrogens is 571 g/mol. The molecule has 0 saturated heterocycles. The van der Waals surface area contributed by atoms with Crippen molar-refractivity contribution in [1.82, 2.24) is 4.98 Å². The summed E-state index contributed by atoms with van der Waals surface area (Å²) in [5.41, 5.74) is 1.17. The van der Waals surface area contributed by atoms with Crippen LogP contribution < -0.4 is 14.4 Å². The summed E-state index contributed by atoms with van der Waals surface area (Å²) in [6.45, 7) is -1.51. The number of fused-ring (bicyclic) bond motifs is 3. The maximum Gasteiger partial charge on any atom is 0.406 e. The van der Waals surface area contributed by atoms with Crippen molar-refractivity contribution in [3.8, 4) is 22.6 Å². The zero-order valence-corrected chi connectivity index (χ0v) is 22.3. The number of rotatable bonds is 7. The largest absolute Gasteiger partial charge is 0.456 e. The maximum atomic E-state index is 13.6. The maximum absolute atomic E-state index is 13.6. The molecular formula is C29H20F3N5O4S. The van der Waals surface area contributed by atoms with E-state index in [1.165, 1.54) is 42.9 Å². The summed E-state index contributed by atoms with van der Waals surface area (Å²) in [5.74, 6) is -0.321. The van der Waals surface area contributed by atoms with Gasteiger partial charge in [0.1, 0.15) is 29.0 Å². The van der Waals surface area contributed by atoms with Gasteiger partial charge in [-0.05, 0) is 42.0 Å². The fraction of sp³-hybridized carbons (Fsp3) is 0.103. The van der Waals surface area contributed by atoms with Gasteiger partial charge in [0, 0.05) is 17.3 Å². The Morgan fingerprint density at radius 1 is 0.976 bits per heavy atom. The molecule has 1 unspecified atom stereocenters. The van der Waals surface area contributed by atoms with E-state index in [4.69, 9.17) is 4.74 Å². The molecule has 0 fully saturated rings. The smallest absolute Gasteiger partial charge is 0.406 e. The molecule has 13 heteroatoms. The summed E-state index contributed by atoms with van der Waals surface area (Å²) in [4.78, 5) is 17.5. The van der Waals surface area contributed by atoms with Crippen LogP contribution in [0, 0.1) is 0 Å². The lowest BCUT2D eigenvalue weighted by Gasteiger charge is -2.33. The minimum atomic E-state index is -4.67. The molecule has 42 heavy (non-hydrogen) atoms. The number of benzene rings is 3. The molecule has 1 atom stereocenters. The molecule has 9 nitrogen and oxygen atoms in total. The van der Waals surface area contributed by atoms with E-state index >= 15 is 0 Å². The molecule has 2 aliphatic heterocycles. The lowest BCUT2D eigenvalue weighted by Crippen LogP contribution is -2.43. The topological polar surface area (TPSA) is 113 Å². The van der Waals surface area contributed by atoms with Crippen LogP contribution in [0.3, 0.4) is 0 Å². The molecule has 0 radical (unpaired) electrons. The third-order valence-corrected chi connectivity index (χ3v) is 8.01. The van der Waals surface area contributed by atoms with Crippen molar-refractivity contribution in [3.05, 3.63) is 109 Å². The van der Waals surface area contributed by atoms with Crippen molar-refractivity contribution in [2.45, 2.75) is 17.1 Å². The van der Waals surface area contributed by atoms with E-state index in [2.05, 4.69) is 19.9 Å². The van der Waals surface area contributed by atoms with E-state index in [1.807, 2.05) is 0 Å². The molecule has 6 rings (SSSR count). The van der Waals surface area contributed by atoms with Crippen LogP contribution in [0.1, 0.15) is 11.6 Å². The van der Waals surface area contributed by atoms with Gasteiger partial charge in [-0.1, -0.05) is 42.5 Å². The van der Waals surface area contributed by atoms with Gasteiger partial charge in [0.15, 0.2) is 0 Å². The van der Waals surface area contributed by atoms with Crippen LogP contribution >= 0.6 is 0 Å². The molecule has 1 amide bonds.